The van der Waals surface area contributed by atoms with E-state index in [1.54, 1.807) is 11.3 Å². The lowest BCUT2D eigenvalue weighted by Crippen LogP contribution is -2.39. The summed E-state index contributed by atoms with van der Waals surface area (Å²) in [6, 6.07) is 4.17. The van der Waals surface area contributed by atoms with Gasteiger partial charge in [0.2, 0.25) is 5.91 Å². The molecule has 2 aromatic rings. The first-order valence-electron chi connectivity index (χ1n) is 9.59. The molecular weight excluding hydrogens is 344 g/mol. The molecule has 3 heterocycles. The highest BCUT2D eigenvalue weighted by Crippen LogP contribution is 2.26. The number of aromatic nitrogens is 2. The average molecular weight is 375 g/mol. The molecule has 0 N–H and O–H groups in total. The van der Waals surface area contributed by atoms with Crippen molar-refractivity contribution >= 4 is 17.2 Å². The van der Waals surface area contributed by atoms with E-state index in [1.807, 2.05) is 6.20 Å². The van der Waals surface area contributed by atoms with Crippen LogP contribution in [0.25, 0.3) is 0 Å². The van der Waals surface area contributed by atoms with Crippen molar-refractivity contribution in [2.75, 3.05) is 33.7 Å². The van der Waals surface area contributed by atoms with E-state index in [2.05, 4.69) is 57.2 Å². The Labute approximate surface area is 160 Å². The van der Waals surface area contributed by atoms with E-state index in [-0.39, 0.29) is 5.91 Å². The van der Waals surface area contributed by atoms with Crippen LogP contribution in [0.2, 0.25) is 0 Å². The van der Waals surface area contributed by atoms with Crippen LogP contribution in [0.5, 0.6) is 0 Å². The molecule has 1 amide bonds. The SMILES string of the molecule is CN(C)CCCn1ccnc1[C@@H]1CCCN(C(=O)CCc2cccs2)C1. The zero-order valence-electron chi connectivity index (χ0n) is 15.9. The van der Waals surface area contributed by atoms with Crippen LogP contribution in [0.4, 0.5) is 0 Å². The van der Waals surface area contributed by atoms with Gasteiger partial charge in [0, 0.05) is 49.2 Å². The van der Waals surface area contributed by atoms with Gasteiger partial charge in [-0.2, -0.15) is 0 Å². The molecule has 1 fully saturated rings. The minimum absolute atomic E-state index is 0.286. The summed E-state index contributed by atoms with van der Waals surface area (Å²) < 4.78 is 2.29. The summed E-state index contributed by atoms with van der Waals surface area (Å²) in [6.07, 6.45) is 8.78. The Hall–Kier alpha value is -1.66. The molecule has 1 aliphatic rings. The summed E-state index contributed by atoms with van der Waals surface area (Å²) in [7, 11) is 4.21. The van der Waals surface area contributed by atoms with Crippen molar-refractivity contribution in [2.45, 2.75) is 44.6 Å². The summed E-state index contributed by atoms with van der Waals surface area (Å²) in [4.78, 5) is 22.8. The molecule has 1 saturated heterocycles. The lowest BCUT2D eigenvalue weighted by molar-refractivity contribution is -0.132. The molecular formula is C20H30N4OS. The normalized spacial score (nSPS) is 17.8. The summed E-state index contributed by atoms with van der Waals surface area (Å²) in [5, 5.41) is 2.08. The second-order valence-corrected chi connectivity index (χ2v) is 8.43. The second-order valence-electron chi connectivity index (χ2n) is 7.39. The molecule has 0 aliphatic carbocycles. The maximum atomic E-state index is 12.6. The zero-order chi connectivity index (χ0) is 18.4. The minimum atomic E-state index is 0.286. The van der Waals surface area contributed by atoms with Crippen molar-refractivity contribution in [3.05, 3.63) is 40.6 Å². The Balaban J connectivity index is 1.54. The van der Waals surface area contributed by atoms with Crippen molar-refractivity contribution in [1.29, 1.82) is 0 Å². The number of nitrogens with zero attached hydrogens (tertiary/aromatic N) is 4. The predicted octanol–water partition coefficient (Wildman–Crippen LogP) is 3.24. The molecule has 26 heavy (non-hydrogen) atoms. The molecule has 0 unspecified atom stereocenters. The summed E-state index contributed by atoms with van der Waals surface area (Å²) >= 11 is 1.73. The number of hydrogen-bond acceptors (Lipinski definition) is 4. The first-order chi connectivity index (χ1) is 12.6. The average Bonchev–Trinajstić information content (AvgIpc) is 3.31. The van der Waals surface area contributed by atoms with Crippen LogP contribution in [-0.2, 0) is 17.8 Å². The van der Waals surface area contributed by atoms with Crippen molar-refractivity contribution in [3.8, 4) is 0 Å². The number of thiophene rings is 1. The van der Waals surface area contributed by atoms with Gasteiger partial charge in [0.1, 0.15) is 5.82 Å². The van der Waals surface area contributed by atoms with Crippen molar-refractivity contribution in [3.63, 3.8) is 0 Å². The van der Waals surface area contributed by atoms with Crippen molar-refractivity contribution in [1.82, 2.24) is 19.4 Å². The van der Waals surface area contributed by atoms with E-state index in [0.29, 0.717) is 12.3 Å². The van der Waals surface area contributed by atoms with E-state index in [1.165, 1.54) is 4.88 Å². The fraction of sp³-hybridized carbons (Fsp3) is 0.600. The van der Waals surface area contributed by atoms with Crippen LogP contribution in [0, 0.1) is 0 Å². The highest BCUT2D eigenvalue weighted by Gasteiger charge is 2.27. The lowest BCUT2D eigenvalue weighted by atomic mass is 9.96. The van der Waals surface area contributed by atoms with Gasteiger partial charge in [-0.25, -0.2) is 4.98 Å². The molecule has 142 valence electrons. The summed E-state index contributed by atoms with van der Waals surface area (Å²) in [5.41, 5.74) is 0. The standard InChI is InChI=1S/C20H30N4OS/c1-22(2)11-5-13-23-14-10-21-20(23)17-6-3-12-24(16-17)19(25)9-8-18-7-4-15-26-18/h4,7,10,14-15,17H,3,5-6,8-9,11-13,16H2,1-2H3/t17-/m1/s1. The van der Waals surface area contributed by atoms with Crippen LogP contribution >= 0.6 is 11.3 Å². The predicted molar refractivity (Wildman–Crippen MR) is 107 cm³/mol. The number of likely N-dealkylation sites (tertiary alicyclic amines) is 1. The third-order valence-electron chi connectivity index (χ3n) is 5.06. The van der Waals surface area contributed by atoms with Crippen molar-refractivity contribution < 1.29 is 4.79 Å². The smallest absolute Gasteiger partial charge is 0.222 e. The van der Waals surface area contributed by atoms with Gasteiger partial charge in [0.25, 0.3) is 0 Å². The number of carbonyl (C=O) groups is 1. The van der Waals surface area contributed by atoms with Crippen LogP contribution < -0.4 is 0 Å². The number of amides is 1. The Morgan fingerprint density at radius 3 is 3.08 bits per heavy atom. The highest BCUT2D eigenvalue weighted by molar-refractivity contribution is 7.09. The second kappa shape index (κ2) is 9.33. The third-order valence-corrected chi connectivity index (χ3v) is 5.99. The number of carbonyl (C=O) groups excluding carboxylic acids is 1. The molecule has 5 nitrogen and oxygen atoms in total. The first kappa shape index (κ1) is 19.1. The quantitative estimate of drug-likeness (QED) is 0.712. The lowest BCUT2D eigenvalue weighted by Gasteiger charge is -2.33. The molecule has 1 atom stereocenters. The van der Waals surface area contributed by atoms with Gasteiger partial charge >= 0.3 is 0 Å². The van der Waals surface area contributed by atoms with E-state index >= 15 is 0 Å². The summed E-state index contributed by atoms with van der Waals surface area (Å²) in [5.74, 6) is 1.80. The van der Waals surface area contributed by atoms with E-state index in [0.717, 1.165) is 57.7 Å². The molecule has 0 radical (unpaired) electrons. The molecule has 6 heteroatoms. The van der Waals surface area contributed by atoms with Gasteiger partial charge in [-0.1, -0.05) is 6.07 Å². The van der Waals surface area contributed by atoms with Gasteiger partial charge in [-0.15, -0.1) is 11.3 Å². The van der Waals surface area contributed by atoms with Gasteiger partial charge < -0.3 is 14.4 Å². The molecule has 1 aliphatic heterocycles. The first-order valence-corrected chi connectivity index (χ1v) is 10.5. The van der Waals surface area contributed by atoms with Gasteiger partial charge in [-0.3, -0.25) is 4.79 Å². The van der Waals surface area contributed by atoms with Crippen LogP contribution in [0.1, 0.15) is 42.3 Å². The van der Waals surface area contributed by atoms with Crippen molar-refractivity contribution in [2.24, 2.45) is 0 Å². The number of aryl methyl sites for hydroxylation is 2. The summed E-state index contributed by atoms with van der Waals surface area (Å²) in [6.45, 7) is 3.78. The fourth-order valence-electron chi connectivity index (χ4n) is 3.68. The number of piperidine rings is 1. The molecule has 3 rings (SSSR count). The number of rotatable bonds is 8. The van der Waals surface area contributed by atoms with Crippen LogP contribution in [0.15, 0.2) is 29.9 Å². The Morgan fingerprint density at radius 2 is 2.31 bits per heavy atom. The Morgan fingerprint density at radius 1 is 1.42 bits per heavy atom. The Kier molecular flexibility index (Phi) is 6.86. The minimum Gasteiger partial charge on any atom is -0.342 e. The topological polar surface area (TPSA) is 41.4 Å². The highest BCUT2D eigenvalue weighted by atomic mass is 32.1. The van der Waals surface area contributed by atoms with E-state index < -0.39 is 0 Å². The molecule has 0 aromatic carbocycles. The Bertz CT molecular complexity index is 680. The van der Waals surface area contributed by atoms with Crippen LogP contribution in [-0.4, -0.2) is 59.0 Å². The maximum Gasteiger partial charge on any atom is 0.222 e. The van der Waals surface area contributed by atoms with Gasteiger partial charge in [-0.05, 0) is 57.8 Å². The van der Waals surface area contributed by atoms with Crippen LogP contribution in [0.3, 0.4) is 0 Å². The maximum absolute atomic E-state index is 12.6. The number of hydrogen-bond donors (Lipinski definition) is 0. The molecule has 2 aromatic heterocycles. The molecule has 0 spiro atoms. The van der Waals surface area contributed by atoms with E-state index in [9.17, 15) is 4.79 Å². The monoisotopic (exact) mass is 374 g/mol. The van der Waals surface area contributed by atoms with Gasteiger partial charge in [0.15, 0.2) is 0 Å². The van der Waals surface area contributed by atoms with E-state index in [4.69, 9.17) is 0 Å². The number of imidazole rings is 1. The fourth-order valence-corrected chi connectivity index (χ4v) is 4.39. The zero-order valence-corrected chi connectivity index (χ0v) is 16.7. The molecule has 0 bridgehead atoms. The van der Waals surface area contributed by atoms with Gasteiger partial charge in [0.05, 0.1) is 0 Å². The molecule has 0 saturated carbocycles. The third kappa shape index (κ3) is 5.17. The largest absolute Gasteiger partial charge is 0.342 e.